The molecule has 2 N–H and O–H groups in total. The lowest BCUT2D eigenvalue weighted by Gasteiger charge is -2.31. The summed E-state index contributed by atoms with van der Waals surface area (Å²) < 4.78 is 60.0. The van der Waals surface area contributed by atoms with Gasteiger partial charge in [-0.05, 0) is 48.0 Å². The van der Waals surface area contributed by atoms with Crippen molar-refractivity contribution in [2.75, 3.05) is 17.4 Å². The van der Waals surface area contributed by atoms with Gasteiger partial charge in [0.15, 0.2) is 9.84 Å². The minimum atomic E-state index is -3.44. The van der Waals surface area contributed by atoms with Crippen LogP contribution in [-0.4, -0.2) is 43.4 Å². The topological polar surface area (TPSA) is 141 Å². The van der Waals surface area contributed by atoms with Crippen LogP contribution in [0.2, 0.25) is 0 Å². The van der Waals surface area contributed by atoms with Crippen molar-refractivity contribution in [1.29, 1.82) is 0 Å². The van der Waals surface area contributed by atoms with Gasteiger partial charge in [0.1, 0.15) is 52.3 Å². The lowest BCUT2D eigenvalue weighted by molar-refractivity contribution is -0.127. The molecule has 208 valence electrons. The smallest absolute Gasteiger partial charge is 0.345 e. The van der Waals surface area contributed by atoms with Crippen molar-refractivity contribution in [3.8, 4) is 22.8 Å². The Bertz CT molecular complexity index is 1760. The molecule has 5 rings (SSSR count). The van der Waals surface area contributed by atoms with Crippen LogP contribution in [0.3, 0.4) is 0 Å². The van der Waals surface area contributed by atoms with Crippen LogP contribution in [0.1, 0.15) is 40.1 Å². The molecule has 0 atom stereocenters. The highest BCUT2D eigenvalue weighted by Gasteiger charge is 2.34. The molecule has 0 radical (unpaired) electrons. The number of hydrogen-bond donors (Lipinski definition) is 2. The van der Waals surface area contributed by atoms with E-state index in [0.717, 1.165) is 6.26 Å². The van der Waals surface area contributed by atoms with Crippen LogP contribution in [-0.2, 0) is 21.2 Å². The largest absolute Gasteiger partial charge is 0.487 e. The van der Waals surface area contributed by atoms with Crippen molar-refractivity contribution in [3.63, 3.8) is 0 Å². The number of ether oxygens (including phenoxy) is 3. The summed E-state index contributed by atoms with van der Waals surface area (Å²) in [5.41, 5.74) is 1.47. The number of benzene rings is 3. The number of carboxylic acids is 1. The fraction of sp³-hybridized carbons (Fsp3) is 0.214. The SMILES string of the molecule is CC1(C)OC(=O)c2ccc(COc3cc4c(C(=O)O)c(-c5ccc(F)cc5)oc4cc3NCS(C)(=O)=O)cc2O1. The number of carboxylic acid groups (broad SMARTS) is 1. The molecule has 3 aromatic carbocycles. The molecule has 0 saturated heterocycles. The molecule has 40 heavy (non-hydrogen) atoms. The summed E-state index contributed by atoms with van der Waals surface area (Å²) in [6.07, 6.45) is 1.06. The van der Waals surface area contributed by atoms with Gasteiger partial charge in [-0.15, -0.1) is 0 Å². The maximum atomic E-state index is 13.5. The Hall–Kier alpha value is -4.58. The lowest BCUT2D eigenvalue weighted by atomic mass is 10.0. The third-order valence-corrected chi connectivity index (χ3v) is 6.66. The number of nitrogens with one attached hydrogen (secondary N) is 1. The molecule has 0 spiro atoms. The number of cyclic esters (lactones) is 1. The summed E-state index contributed by atoms with van der Waals surface area (Å²) in [6, 6.07) is 12.9. The lowest BCUT2D eigenvalue weighted by Crippen LogP contribution is -2.38. The number of fused-ring (bicyclic) bond motifs is 2. The Morgan fingerprint density at radius 2 is 1.80 bits per heavy atom. The van der Waals surface area contributed by atoms with Crippen LogP contribution < -0.4 is 14.8 Å². The number of rotatable bonds is 8. The van der Waals surface area contributed by atoms with Gasteiger partial charge < -0.3 is 29.1 Å². The molecule has 0 unspecified atom stereocenters. The van der Waals surface area contributed by atoms with E-state index in [0.29, 0.717) is 16.9 Å². The van der Waals surface area contributed by atoms with Gasteiger partial charge in [-0.1, -0.05) is 6.07 Å². The molecule has 10 nitrogen and oxygen atoms in total. The molecule has 1 aliphatic rings. The van der Waals surface area contributed by atoms with Crippen LogP contribution in [0.4, 0.5) is 10.1 Å². The average Bonchev–Trinajstić information content (AvgIpc) is 3.23. The Labute approximate surface area is 228 Å². The van der Waals surface area contributed by atoms with Crippen LogP contribution in [0.15, 0.2) is 59.0 Å². The monoisotopic (exact) mass is 569 g/mol. The number of anilines is 1. The van der Waals surface area contributed by atoms with Crippen molar-refractivity contribution in [2.24, 2.45) is 0 Å². The number of halogens is 1. The second kappa shape index (κ2) is 9.87. The van der Waals surface area contributed by atoms with Crippen LogP contribution >= 0.6 is 0 Å². The molecule has 0 fully saturated rings. The van der Waals surface area contributed by atoms with E-state index in [4.69, 9.17) is 18.6 Å². The van der Waals surface area contributed by atoms with Gasteiger partial charge >= 0.3 is 11.9 Å². The molecule has 0 saturated carbocycles. The zero-order valence-electron chi connectivity index (χ0n) is 21.6. The maximum absolute atomic E-state index is 13.5. The van der Waals surface area contributed by atoms with Gasteiger partial charge in [-0.2, -0.15) is 0 Å². The molecule has 0 amide bonds. The van der Waals surface area contributed by atoms with E-state index in [9.17, 15) is 27.5 Å². The quantitative estimate of drug-likeness (QED) is 0.271. The Morgan fingerprint density at radius 3 is 2.48 bits per heavy atom. The zero-order chi connectivity index (χ0) is 28.8. The van der Waals surface area contributed by atoms with Crippen molar-refractivity contribution in [2.45, 2.75) is 26.2 Å². The number of aromatic carboxylic acids is 1. The molecule has 2 heterocycles. The van der Waals surface area contributed by atoms with Crippen molar-refractivity contribution in [3.05, 3.63) is 77.1 Å². The zero-order valence-corrected chi connectivity index (χ0v) is 22.4. The normalized spacial score (nSPS) is 14.2. The standard InChI is InChI=1S/C28H24FNO9S/c1-28(2)38-22-10-15(4-9-18(22)27(33)39-28)13-36-23-11-19-21(12-20(23)30-14-40(3,34)35)37-25(24(19)26(31)32)16-5-7-17(29)8-6-16/h4-12,30H,13-14H2,1-3H3,(H,31,32). The van der Waals surface area contributed by atoms with Gasteiger partial charge in [0, 0.05) is 37.1 Å². The summed E-state index contributed by atoms with van der Waals surface area (Å²) in [6.45, 7) is 3.18. The van der Waals surface area contributed by atoms with Crippen molar-refractivity contribution >= 4 is 38.4 Å². The van der Waals surface area contributed by atoms with E-state index in [1.54, 1.807) is 32.0 Å². The number of carbonyl (C=O) groups excluding carboxylic acids is 1. The van der Waals surface area contributed by atoms with Crippen molar-refractivity contribution in [1.82, 2.24) is 0 Å². The first-order valence-electron chi connectivity index (χ1n) is 12.0. The molecular weight excluding hydrogens is 545 g/mol. The van der Waals surface area contributed by atoms with E-state index < -0.39 is 39.3 Å². The van der Waals surface area contributed by atoms with Gasteiger partial charge in [0.05, 0.1) is 5.69 Å². The minimum Gasteiger partial charge on any atom is -0.487 e. The number of furan rings is 1. The molecule has 0 bridgehead atoms. The highest BCUT2D eigenvalue weighted by molar-refractivity contribution is 7.90. The maximum Gasteiger partial charge on any atom is 0.345 e. The third-order valence-electron chi connectivity index (χ3n) is 5.99. The highest BCUT2D eigenvalue weighted by atomic mass is 32.2. The number of carbonyl (C=O) groups is 2. The molecule has 4 aromatic rings. The Kier molecular flexibility index (Phi) is 6.66. The molecular formula is C28H24FNO9S. The van der Waals surface area contributed by atoms with Crippen LogP contribution in [0.5, 0.6) is 11.5 Å². The first kappa shape index (κ1) is 27.0. The van der Waals surface area contributed by atoms with E-state index in [2.05, 4.69) is 5.32 Å². The fourth-order valence-corrected chi connectivity index (χ4v) is 4.66. The van der Waals surface area contributed by atoms with E-state index >= 15 is 0 Å². The Balaban J connectivity index is 1.55. The van der Waals surface area contributed by atoms with E-state index in [-0.39, 0.29) is 45.9 Å². The first-order chi connectivity index (χ1) is 18.8. The predicted octanol–water partition coefficient (Wildman–Crippen LogP) is 5.22. The summed E-state index contributed by atoms with van der Waals surface area (Å²) in [4.78, 5) is 24.5. The summed E-state index contributed by atoms with van der Waals surface area (Å²) in [5, 5.41) is 13.0. The fourth-order valence-electron chi connectivity index (χ4n) is 4.24. The van der Waals surface area contributed by atoms with Crippen molar-refractivity contribution < 1.29 is 46.1 Å². The second-order valence-electron chi connectivity index (χ2n) is 9.72. The van der Waals surface area contributed by atoms with Crippen LogP contribution in [0.25, 0.3) is 22.3 Å². The summed E-state index contributed by atoms with van der Waals surface area (Å²) in [7, 11) is -3.44. The van der Waals surface area contributed by atoms with Crippen LogP contribution in [0, 0.1) is 5.82 Å². The molecule has 12 heteroatoms. The Morgan fingerprint density at radius 1 is 1.07 bits per heavy atom. The minimum absolute atomic E-state index is 0.00931. The second-order valence-corrected chi connectivity index (χ2v) is 11.9. The number of hydrogen-bond acceptors (Lipinski definition) is 9. The first-order valence-corrected chi connectivity index (χ1v) is 14.1. The van der Waals surface area contributed by atoms with Gasteiger partial charge in [-0.25, -0.2) is 22.4 Å². The van der Waals surface area contributed by atoms with Gasteiger partial charge in [0.25, 0.3) is 0 Å². The van der Waals surface area contributed by atoms with E-state index in [1.807, 2.05) is 0 Å². The van der Waals surface area contributed by atoms with Gasteiger partial charge in [-0.3, -0.25) is 0 Å². The summed E-state index contributed by atoms with van der Waals surface area (Å²) in [5.74, 6) is -3.37. The summed E-state index contributed by atoms with van der Waals surface area (Å²) >= 11 is 0. The highest BCUT2D eigenvalue weighted by Crippen LogP contribution is 2.40. The number of esters is 1. The number of sulfone groups is 1. The molecule has 0 aliphatic carbocycles. The molecule has 1 aliphatic heterocycles. The average molecular weight is 570 g/mol. The third kappa shape index (κ3) is 5.57. The molecule has 1 aromatic heterocycles. The van der Waals surface area contributed by atoms with E-state index in [1.165, 1.54) is 36.4 Å². The predicted molar refractivity (Wildman–Crippen MR) is 143 cm³/mol. The van der Waals surface area contributed by atoms with Gasteiger partial charge in [0.2, 0.25) is 5.79 Å².